The predicted molar refractivity (Wildman–Crippen MR) is 81.2 cm³/mol. The molecule has 1 aliphatic rings. The Labute approximate surface area is 124 Å². The maximum atomic E-state index is 12.4. The fourth-order valence-corrected chi connectivity index (χ4v) is 4.04. The van der Waals surface area contributed by atoms with Gasteiger partial charge in [0.2, 0.25) is 0 Å². The highest BCUT2D eigenvalue weighted by Crippen LogP contribution is 2.37. The molecule has 0 spiro atoms. The van der Waals surface area contributed by atoms with E-state index in [2.05, 4.69) is 0 Å². The molecule has 0 aromatic heterocycles. The summed E-state index contributed by atoms with van der Waals surface area (Å²) < 4.78 is 24.8. The Morgan fingerprint density at radius 3 is 2.48 bits per heavy atom. The molecule has 0 bridgehead atoms. The molecule has 4 nitrogen and oxygen atoms in total. The smallest absolute Gasteiger partial charge is 0.198 e. The van der Waals surface area contributed by atoms with Crippen LogP contribution in [0.1, 0.15) is 5.56 Å². The number of para-hydroxylation sites is 1. The van der Waals surface area contributed by atoms with Crippen LogP contribution in [-0.4, -0.2) is 20.2 Å². The maximum absolute atomic E-state index is 12.4. The van der Waals surface area contributed by atoms with Crippen LogP contribution in [0.25, 0.3) is 0 Å². The lowest BCUT2D eigenvalue weighted by Crippen LogP contribution is -2.39. The molecule has 1 aliphatic heterocycles. The van der Waals surface area contributed by atoms with Gasteiger partial charge < -0.3 is 4.90 Å². The fourth-order valence-electron chi connectivity index (χ4n) is 2.52. The Hall–Kier alpha value is -2.32. The lowest BCUT2D eigenvalue weighted by molar-refractivity contribution is 0.585. The average molecular weight is 298 g/mol. The third kappa shape index (κ3) is 2.18. The zero-order chi connectivity index (χ0) is 15.0. The van der Waals surface area contributed by atoms with Crippen molar-refractivity contribution in [1.29, 1.82) is 5.26 Å². The number of nitriles is 1. The molecule has 2 aromatic carbocycles. The highest BCUT2D eigenvalue weighted by molar-refractivity contribution is 7.92. The molecule has 0 N–H and O–H groups in total. The largest absolute Gasteiger partial charge is 0.338 e. The Bertz CT molecular complexity index is 820. The van der Waals surface area contributed by atoms with E-state index in [1.54, 1.807) is 18.2 Å². The molecule has 0 fully saturated rings. The molecule has 0 saturated heterocycles. The van der Waals surface area contributed by atoms with E-state index in [1.165, 1.54) is 0 Å². The van der Waals surface area contributed by atoms with Gasteiger partial charge in [-0.15, -0.1) is 0 Å². The third-order valence-electron chi connectivity index (χ3n) is 3.68. The minimum absolute atomic E-state index is 0.152. The number of anilines is 2. The summed E-state index contributed by atoms with van der Waals surface area (Å²) in [6, 6.07) is 16.6. The van der Waals surface area contributed by atoms with Crippen molar-refractivity contribution in [2.45, 2.75) is 17.1 Å². The summed E-state index contributed by atoms with van der Waals surface area (Å²) >= 11 is 0. The molecular formula is C16H14N2O2S. The first kappa shape index (κ1) is 13.7. The van der Waals surface area contributed by atoms with Gasteiger partial charge in [0.25, 0.3) is 0 Å². The van der Waals surface area contributed by atoms with E-state index in [-0.39, 0.29) is 11.4 Å². The number of sulfone groups is 1. The van der Waals surface area contributed by atoms with E-state index >= 15 is 0 Å². The second-order valence-corrected chi connectivity index (χ2v) is 7.18. The van der Waals surface area contributed by atoms with Gasteiger partial charge >= 0.3 is 0 Å². The maximum Gasteiger partial charge on any atom is 0.198 e. The molecule has 2 aromatic rings. The molecule has 0 aliphatic carbocycles. The van der Waals surface area contributed by atoms with Gasteiger partial charge in [-0.2, -0.15) is 5.26 Å². The molecule has 21 heavy (non-hydrogen) atoms. The Morgan fingerprint density at radius 1 is 1.14 bits per heavy atom. The predicted octanol–water partition coefficient (Wildman–Crippen LogP) is 2.81. The average Bonchev–Trinajstić information content (AvgIpc) is 2.49. The van der Waals surface area contributed by atoms with Crippen LogP contribution in [0, 0.1) is 18.3 Å². The topological polar surface area (TPSA) is 61.2 Å². The monoisotopic (exact) mass is 298 g/mol. The third-order valence-corrected chi connectivity index (χ3v) is 5.64. The summed E-state index contributed by atoms with van der Waals surface area (Å²) in [7, 11) is -3.58. The number of benzene rings is 2. The number of fused-ring (bicyclic) bond motifs is 1. The molecule has 1 unspecified atom stereocenters. The van der Waals surface area contributed by atoms with Gasteiger partial charge in [0, 0.05) is 5.69 Å². The van der Waals surface area contributed by atoms with Crippen molar-refractivity contribution in [1.82, 2.24) is 0 Å². The quantitative estimate of drug-likeness (QED) is 0.812. The minimum Gasteiger partial charge on any atom is -0.338 e. The lowest BCUT2D eigenvalue weighted by Gasteiger charge is -2.33. The van der Waals surface area contributed by atoms with E-state index in [1.807, 2.05) is 48.2 Å². The second kappa shape index (κ2) is 4.90. The number of nitrogens with zero attached hydrogens (tertiary/aromatic N) is 2. The number of hydrogen-bond acceptors (Lipinski definition) is 4. The second-order valence-electron chi connectivity index (χ2n) is 5.08. The number of hydrogen-bond donors (Lipinski definition) is 0. The number of rotatable bonds is 1. The van der Waals surface area contributed by atoms with Crippen molar-refractivity contribution < 1.29 is 8.42 Å². The highest BCUT2D eigenvalue weighted by atomic mass is 32.2. The van der Waals surface area contributed by atoms with Crippen LogP contribution in [0.5, 0.6) is 0 Å². The first-order valence-electron chi connectivity index (χ1n) is 6.61. The first-order chi connectivity index (χ1) is 10.0. The van der Waals surface area contributed by atoms with E-state index < -0.39 is 15.1 Å². The van der Waals surface area contributed by atoms with Crippen LogP contribution < -0.4 is 4.90 Å². The summed E-state index contributed by atoms with van der Waals surface area (Å²) in [6.45, 7) is 2.15. The van der Waals surface area contributed by atoms with Crippen molar-refractivity contribution in [3.63, 3.8) is 0 Å². The van der Waals surface area contributed by atoms with Crippen molar-refractivity contribution >= 4 is 21.2 Å². The molecule has 0 radical (unpaired) electrons. The molecule has 5 heteroatoms. The zero-order valence-electron chi connectivity index (χ0n) is 11.5. The van der Waals surface area contributed by atoms with Gasteiger partial charge in [0.05, 0.1) is 23.2 Å². The molecule has 3 rings (SSSR count). The molecular weight excluding hydrogens is 284 g/mol. The fraction of sp³-hybridized carbons (Fsp3) is 0.188. The Morgan fingerprint density at radius 2 is 1.81 bits per heavy atom. The van der Waals surface area contributed by atoms with E-state index in [0.29, 0.717) is 5.69 Å². The van der Waals surface area contributed by atoms with Crippen molar-refractivity contribution in [2.75, 3.05) is 11.4 Å². The first-order valence-corrected chi connectivity index (χ1v) is 8.15. The van der Waals surface area contributed by atoms with Crippen LogP contribution in [0.4, 0.5) is 11.4 Å². The molecule has 1 heterocycles. The molecule has 0 saturated carbocycles. The summed E-state index contributed by atoms with van der Waals surface area (Å²) in [6.07, 6.45) is 0. The van der Waals surface area contributed by atoms with Crippen LogP contribution >= 0.6 is 0 Å². The standard InChI is InChI=1S/C16H14N2O2S/c1-12-6-8-13(9-7-12)18-11-14(10-17)21(19,20)16-5-3-2-4-15(16)18/h2-9,14H,11H2,1H3. The van der Waals surface area contributed by atoms with Gasteiger partial charge in [-0.25, -0.2) is 8.42 Å². The van der Waals surface area contributed by atoms with Crippen molar-refractivity contribution in [2.24, 2.45) is 0 Å². The highest BCUT2D eigenvalue weighted by Gasteiger charge is 2.37. The van der Waals surface area contributed by atoms with Crippen LogP contribution in [-0.2, 0) is 9.84 Å². The lowest BCUT2D eigenvalue weighted by atomic mass is 10.2. The van der Waals surface area contributed by atoms with E-state index in [0.717, 1.165) is 11.3 Å². The van der Waals surface area contributed by atoms with Crippen molar-refractivity contribution in [3.05, 3.63) is 54.1 Å². The summed E-state index contributed by atoms with van der Waals surface area (Å²) in [5.74, 6) is 0. The Balaban J connectivity index is 2.19. The summed E-state index contributed by atoms with van der Waals surface area (Å²) in [5.41, 5.74) is 2.66. The summed E-state index contributed by atoms with van der Waals surface area (Å²) in [4.78, 5) is 2.12. The van der Waals surface area contributed by atoms with Crippen LogP contribution in [0.3, 0.4) is 0 Å². The van der Waals surface area contributed by atoms with Crippen LogP contribution in [0.15, 0.2) is 53.4 Å². The normalized spacial score (nSPS) is 19.6. The summed E-state index contributed by atoms with van der Waals surface area (Å²) in [5, 5.41) is 8.16. The SMILES string of the molecule is Cc1ccc(N2CC(C#N)S(=O)(=O)c3ccccc32)cc1. The van der Waals surface area contributed by atoms with Gasteiger partial charge in [0.15, 0.2) is 15.1 Å². The zero-order valence-corrected chi connectivity index (χ0v) is 12.3. The molecule has 1 atom stereocenters. The molecule has 0 amide bonds. The van der Waals surface area contributed by atoms with E-state index in [9.17, 15) is 13.7 Å². The molecule has 106 valence electrons. The Kier molecular flexibility index (Phi) is 3.19. The minimum atomic E-state index is -3.58. The van der Waals surface area contributed by atoms with Gasteiger partial charge in [0.1, 0.15) is 0 Å². The van der Waals surface area contributed by atoms with E-state index in [4.69, 9.17) is 0 Å². The van der Waals surface area contributed by atoms with Crippen LogP contribution in [0.2, 0.25) is 0 Å². The van der Waals surface area contributed by atoms with Crippen molar-refractivity contribution in [3.8, 4) is 6.07 Å². The van der Waals surface area contributed by atoms with Gasteiger partial charge in [-0.3, -0.25) is 0 Å². The number of aryl methyl sites for hydroxylation is 1. The van der Waals surface area contributed by atoms with Gasteiger partial charge in [-0.05, 0) is 31.2 Å². The van der Waals surface area contributed by atoms with Gasteiger partial charge in [-0.1, -0.05) is 29.8 Å².